The number of benzene rings is 2. The molecule has 24 heavy (non-hydrogen) atoms. The van der Waals surface area contributed by atoms with Gasteiger partial charge in [0.1, 0.15) is 11.4 Å². The van der Waals surface area contributed by atoms with Crippen molar-refractivity contribution in [3.8, 4) is 17.2 Å². The fourth-order valence-corrected chi connectivity index (χ4v) is 3.48. The van der Waals surface area contributed by atoms with Crippen LogP contribution in [0.1, 0.15) is 23.2 Å². The molecule has 0 spiro atoms. The van der Waals surface area contributed by atoms with Crippen LogP contribution in [0.2, 0.25) is 0 Å². The van der Waals surface area contributed by atoms with E-state index < -0.39 is 5.91 Å². The van der Waals surface area contributed by atoms with Crippen LogP contribution in [0.25, 0.3) is 0 Å². The minimum Gasteiger partial charge on any atom is -0.506 e. The second-order valence-electron chi connectivity index (χ2n) is 6.13. The predicted molar refractivity (Wildman–Crippen MR) is 91.2 cm³/mol. The van der Waals surface area contributed by atoms with Crippen LogP contribution in [0, 0.1) is 0 Å². The molecule has 0 saturated carbocycles. The molecule has 4 rings (SSSR count). The molecule has 0 atom stereocenters. The van der Waals surface area contributed by atoms with Crippen molar-refractivity contribution in [2.45, 2.75) is 18.9 Å². The summed E-state index contributed by atoms with van der Waals surface area (Å²) in [4.78, 5) is 13.6. The van der Waals surface area contributed by atoms with Crippen molar-refractivity contribution in [3.05, 3.63) is 42.0 Å². The van der Waals surface area contributed by atoms with Crippen LogP contribution in [0.5, 0.6) is 17.2 Å². The van der Waals surface area contributed by atoms with Crippen molar-refractivity contribution in [2.24, 2.45) is 5.73 Å². The summed E-state index contributed by atoms with van der Waals surface area (Å²) in [5, 5.41) is 13.9. The van der Waals surface area contributed by atoms with Gasteiger partial charge in [0.25, 0.3) is 0 Å². The Kier molecular flexibility index (Phi) is 3.54. The molecule has 0 bridgehead atoms. The number of nitrogens with zero attached hydrogens (tertiary/aromatic N) is 1. The van der Waals surface area contributed by atoms with Gasteiger partial charge in [-0.05, 0) is 50.2 Å². The number of amides is 1. The number of para-hydroxylation sites is 2. The number of phenolic OH excluding ortho intramolecular Hbond substituents is 1. The number of nitrogens with two attached hydrogens (primary N) is 1. The average Bonchev–Trinajstić information content (AvgIpc) is 2.60. The number of nitrogens with one attached hydrogen (secondary N) is 1. The molecule has 0 unspecified atom stereocenters. The molecule has 1 amide bonds. The van der Waals surface area contributed by atoms with Crippen LogP contribution < -0.4 is 20.7 Å². The lowest BCUT2D eigenvalue weighted by atomic mass is 10.00. The smallest absolute Gasteiger partial charge is 0.248 e. The molecule has 2 aromatic rings. The SMILES string of the molecule is NC(=O)c1cc(O)c2c(c1)Oc1ccccc1N2C1CCNCC1. The molecule has 2 heterocycles. The zero-order valence-corrected chi connectivity index (χ0v) is 13.2. The van der Waals surface area contributed by atoms with E-state index in [0.717, 1.165) is 31.6 Å². The molecule has 0 aromatic heterocycles. The van der Waals surface area contributed by atoms with E-state index in [0.29, 0.717) is 17.2 Å². The number of piperidine rings is 1. The van der Waals surface area contributed by atoms with Gasteiger partial charge < -0.3 is 25.8 Å². The van der Waals surface area contributed by atoms with E-state index in [1.807, 2.05) is 24.3 Å². The normalized spacial score (nSPS) is 16.9. The fraction of sp³-hybridized carbons (Fsp3) is 0.278. The van der Waals surface area contributed by atoms with E-state index in [9.17, 15) is 9.90 Å². The standard InChI is InChI=1S/C18H19N3O3/c19-18(23)11-9-14(22)17-16(10-11)24-15-4-2-1-3-13(15)21(17)12-5-7-20-8-6-12/h1-4,9-10,12,20,22H,5-8H2,(H2,19,23). The molecule has 2 aliphatic heterocycles. The summed E-state index contributed by atoms with van der Waals surface area (Å²) >= 11 is 0. The van der Waals surface area contributed by atoms with Crippen LogP contribution in [-0.2, 0) is 0 Å². The highest BCUT2D eigenvalue weighted by Crippen LogP contribution is 2.52. The number of ether oxygens (including phenoxy) is 1. The van der Waals surface area contributed by atoms with E-state index in [1.54, 1.807) is 6.07 Å². The molecule has 2 aliphatic rings. The van der Waals surface area contributed by atoms with Crippen molar-refractivity contribution in [1.82, 2.24) is 5.32 Å². The first-order valence-corrected chi connectivity index (χ1v) is 8.09. The Morgan fingerprint density at radius 3 is 2.71 bits per heavy atom. The molecule has 0 aliphatic carbocycles. The molecule has 6 nitrogen and oxygen atoms in total. The largest absolute Gasteiger partial charge is 0.506 e. The number of rotatable bonds is 2. The highest BCUT2D eigenvalue weighted by molar-refractivity contribution is 5.96. The molecule has 1 saturated heterocycles. The number of fused-ring (bicyclic) bond motifs is 2. The van der Waals surface area contributed by atoms with Crippen LogP contribution in [0.4, 0.5) is 11.4 Å². The van der Waals surface area contributed by atoms with Crippen LogP contribution in [-0.4, -0.2) is 30.1 Å². The number of phenols is 1. The van der Waals surface area contributed by atoms with Gasteiger partial charge >= 0.3 is 0 Å². The molecule has 6 heteroatoms. The first-order chi connectivity index (χ1) is 11.6. The molecule has 4 N–H and O–H groups in total. The van der Waals surface area contributed by atoms with Gasteiger partial charge in [0, 0.05) is 11.6 Å². The highest BCUT2D eigenvalue weighted by Gasteiger charge is 2.33. The third-order valence-electron chi connectivity index (χ3n) is 4.60. The average molecular weight is 325 g/mol. The zero-order valence-electron chi connectivity index (χ0n) is 13.2. The Morgan fingerprint density at radius 2 is 1.96 bits per heavy atom. The Labute approximate surface area is 139 Å². The number of hydrogen-bond acceptors (Lipinski definition) is 5. The summed E-state index contributed by atoms with van der Waals surface area (Å²) in [6.45, 7) is 1.86. The number of anilines is 2. The van der Waals surface area contributed by atoms with E-state index in [-0.39, 0.29) is 17.4 Å². The number of carbonyl (C=O) groups is 1. The third-order valence-corrected chi connectivity index (χ3v) is 4.60. The molecule has 2 aromatic carbocycles. The predicted octanol–water partition coefficient (Wildman–Crippen LogP) is 2.49. The minimum absolute atomic E-state index is 0.00864. The van der Waals surface area contributed by atoms with Crippen molar-refractivity contribution in [2.75, 3.05) is 18.0 Å². The first kappa shape index (κ1) is 14.8. The van der Waals surface area contributed by atoms with Crippen molar-refractivity contribution < 1.29 is 14.6 Å². The fourth-order valence-electron chi connectivity index (χ4n) is 3.48. The van der Waals surface area contributed by atoms with E-state index in [2.05, 4.69) is 10.2 Å². The van der Waals surface area contributed by atoms with Gasteiger partial charge in [-0.15, -0.1) is 0 Å². The topological polar surface area (TPSA) is 87.8 Å². The van der Waals surface area contributed by atoms with E-state index in [4.69, 9.17) is 10.5 Å². The summed E-state index contributed by atoms with van der Waals surface area (Å²) in [6.07, 6.45) is 1.93. The van der Waals surface area contributed by atoms with Crippen molar-refractivity contribution >= 4 is 17.3 Å². The molecule has 1 fully saturated rings. The maximum absolute atomic E-state index is 11.5. The third kappa shape index (κ3) is 2.35. The molecular weight excluding hydrogens is 306 g/mol. The summed E-state index contributed by atoms with van der Waals surface area (Å²) < 4.78 is 5.95. The minimum atomic E-state index is -0.594. The van der Waals surface area contributed by atoms with Gasteiger partial charge in [0.15, 0.2) is 11.5 Å². The number of carbonyl (C=O) groups excluding carboxylic acids is 1. The van der Waals surface area contributed by atoms with Gasteiger partial charge in [-0.1, -0.05) is 12.1 Å². The maximum atomic E-state index is 11.5. The quantitative estimate of drug-likeness (QED) is 0.789. The van der Waals surface area contributed by atoms with Crippen LogP contribution in [0.15, 0.2) is 36.4 Å². The molecule has 0 radical (unpaired) electrons. The van der Waals surface area contributed by atoms with Crippen molar-refractivity contribution in [3.63, 3.8) is 0 Å². The summed E-state index contributed by atoms with van der Waals surface area (Å²) in [6, 6.07) is 11.0. The molecular formula is C18H19N3O3. The van der Waals surface area contributed by atoms with Gasteiger partial charge in [-0.3, -0.25) is 4.79 Å². The number of hydrogen-bond donors (Lipinski definition) is 3. The Hall–Kier alpha value is -2.73. The van der Waals surface area contributed by atoms with Crippen LogP contribution >= 0.6 is 0 Å². The lowest BCUT2D eigenvalue weighted by molar-refractivity contribution is 0.0999. The second kappa shape index (κ2) is 5.72. The van der Waals surface area contributed by atoms with Crippen molar-refractivity contribution in [1.29, 1.82) is 0 Å². The van der Waals surface area contributed by atoms with Gasteiger partial charge in [-0.2, -0.15) is 0 Å². The molecule has 124 valence electrons. The Bertz CT molecular complexity index is 800. The highest BCUT2D eigenvalue weighted by atomic mass is 16.5. The van der Waals surface area contributed by atoms with E-state index >= 15 is 0 Å². The van der Waals surface area contributed by atoms with E-state index in [1.165, 1.54) is 6.07 Å². The Morgan fingerprint density at radius 1 is 1.21 bits per heavy atom. The van der Waals surface area contributed by atoms with Gasteiger partial charge in [-0.25, -0.2) is 0 Å². The zero-order chi connectivity index (χ0) is 16.7. The maximum Gasteiger partial charge on any atom is 0.248 e. The van der Waals surface area contributed by atoms with Gasteiger partial charge in [0.05, 0.1) is 5.69 Å². The monoisotopic (exact) mass is 325 g/mol. The van der Waals surface area contributed by atoms with Gasteiger partial charge in [0.2, 0.25) is 5.91 Å². The summed E-state index contributed by atoms with van der Waals surface area (Å²) in [5.74, 6) is 0.587. The summed E-state index contributed by atoms with van der Waals surface area (Å²) in [7, 11) is 0. The first-order valence-electron chi connectivity index (χ1n) is 8.09. The number of aromatic hydroxyl groups is 1. The number of primary amides is 1. The second-order valence-corrected chi connectivity index (χ2v) is 6.13. The summed E-state index contributed by atoms with van der Waals surface area (Å²) in [5.41, 5.74) is 7.12. The van der Waals surface area contributed by atoms with Crippen LogP contribution in [0.3, 0.4) is 0 Å². The Balaban J connectivity index is 1.88. The lowest BCUT2D eigenvalue weighted by Gasteiger charge is -2.40. The lowest BCUT2D eigenvalue weighted by Crippen LogP contribution is -2.41.